The van der Waals surface area contributed by atoms with Gasteiger partial charge in [-0.05, 0) is 47.0 Å². The maximum Gasteiger partial charge on any atom is 0.224 e. The molecule has 0 atom stereocenters. The van der Waals surface area contributed by atoms with Gasteiger partial charge in [-0.2, -0.15) is 0 Å². The molecular weight excluding hydrogens is 386 g/mol. The van der Waals surface area contributed by atoms with E-state index in [0.717, 1.165) is 15.8 Å². The van der Waals surface area contributed by atoms with Gasteiger partial charge in [0.05, 0.1) is 12.3 Å². The molecule has 0 aromatic heterocycles. The molecule has 0 saturated heterocycles. The molecule has 0 aliphatic carbocycles. The van der Waals surface area contributed by atoms with Crippen molar-refractivity contribution in [3.05, 3.63) is 46.4 Å². The largest absolute Gasteiger partial charge is 0.494 e. The molecule has 1 N–H and O–H groups in total. The fraction of sp³-hybridized carbons (Fsp3) is 0.316. The van der Waals surface area contributed by atoms with E-state index in [1.807, 2.05) is 37.3 Å². The van der Waals surface area contributed by atoms with Crippen LogP contribution in [-0.4, -0.2) is 25.7 Å². The van der Waals surface area contributed by atoms with E-state index < -0.39 is 0 Å². The summed E-state index contributed by atoms with van der Waals surface area (Å²) in [6.45, 7) is 3.56. The number of amides is 1. The Bertz CT molecular complexity index is 763. The highest BCUT2D eigenvalue weighted by Crippen LogP contribution is 2.38. The minimum absolute atomic E-state index is 0.0646. The van der Waals surface area contributed by atoms with Crippen LogP contribution in [0.25, 0.3) is 0 Å². The molecule has 0 saturated carbocycles. The van der Waals surface area contributed by atoms with Gasteiger partial charge in [0.25, 0.3) is 0 Å². The maximum absolute atomic E-state index is 12.1. The minimum Gasteiger partial charge on any atom is -0.494 e. The van der Waals surface area contributed by atoms with Crippen LogP contribution in [0.2, 0.25) is 0 Å². The molecule has 1 amide bonds. The van der Waals surface area contributed by atoms with Crippen molar-refractivity contribution in [1.82, 2.24) is 0 Å². The molecule has 0 bridgehead atoms. The Balaban J connectivity index is 1.48. The fourth-order valence-corrected chi connectivity index (χ4v) is 2.92. The second-order valence-electron chi connectivity index (χ2n) is 5.79. The van der Waals surface area contributed by atoms with Crippen molar-refractivity contribution in [3.63, 3.8) is 0 Å². The number of rotatable bonds is 6. The number of hydrogen-bond donors (Lipinski definition) is 1. The van der Waals surface area contributed by atoms with E-state index in [0.29, 0.717) is 49.8 Å². The Hall–Kier alpha value is -2.21. The first kappa shape index (κ1) is 17.6. The molecule has 0 radical (unpaired) electrons. The molecule has 0 fully saturated rings. The molecule has 132 valence electrons. The van der Waals surface area contributed by atoms with Crippen molar-refractivity contribution in [1.29, 1.82) is 0 Å². The predicted octanol–water partition coefficient (Wildman–Crippen LogP) is 4.33. The van der Waals surface area contributed by atoms with Crippen molar-refractivity contribution < 1.29 is 19.0 Å². The number of hydrogen-bond acceptors (Lipinski definition) is 4. The van der Waals surface area contributed by atoms with Crippen LogP contribution in [0.3, 0.4) is 0 Å². The first-order chi connectivity index (χ1) is 12.1. The molecular formula is C19H20BrNO4. The smallest absolute Gasteiger partial charge is 0.224 e. The summed E-state index contributed by atoms with van der Waals surface area (Å²) in [7, 11) is 0. The van der Waals surface area contributed by atoms with Gasteiger partial charge >= 0.3 is 0 Å². The Morgan fingerprint density at radius 2 is 1.96 bits per heavy atom. The first-order valence-electron chi connectivity index (χ1n) is 8.20. The average Bonchev–Trinajstić information content (AvgIpc) is 2.59. The zero-order valence-corrected chi connectivity index (χ0v) is 15.6. The molecule has 2 aromatic carbocycles. The summed E-state index contributed by atoms with van der Waals surface area (Å²) in [5.41, 5.74) is 1.83. The second-order valence-corrected chi connectivity index (χ2v) is 6.65. The summed E-state index contributed by atoms with van der Waals surface area (Å²) in [6, 6.07) is 11.5. The third kappa shape index (κ3) is 4.89. The highest BCUT2D eigenvalue weighted by molar-refractivity contribution is 9.10. The van der Waals surface area contributed by atoms with Gasteiger partial charge in [0.1, 0.15) is 19.0 Å². The number of fused-ring (bicyclic) bond motifs is 1. The monoisotopic (exact) mass is 405 g/mol. The third-order valence-electron chi connectivity index (χ3n) is 3.71. The van der Waals surface area contributed by atoms with Crippen molar-refractivity contribution in [3.8, 4) is 17.2 Å². The van der Waals surface area contributed by atoms with Gasteiger partial charge in [0.15, 0.2) is 11.5 Å². The highest BCUT2D eigenvalue weighted by atomic mass is 79.9. The van der Waals surface area contributed by atoms with Gasteiger partial charge < -0.3 is 19.5 Å². The second kappa shape index (κ2) is 8.25. The summed E-state index contributed by atoms with van der Waals surface area (Å²) in [5, 5.41) is 2.89. The van der Waals surface area contributed by atoms with E-state index in [4.69, 9.17) is 14.2 Å². The van der Waals surface area contributed by atoms with Crippen LogP contribution < -0.4 is 19.5 Å². The lowest BCUT2D eigenvalue weighted by molar-refractivity contribution is -0.116. The Labute approximate surface area is 155 Å². The average molecular weight is 406 g/mol. The molecule has 1 heterocycles. The molecule has 3 rings (SSSR count). The Morgan fingerprint density at radius 1 is 1.20 bits per heavy atom. The van der Waals surface area contributed by atoms with Crippen LogP contribution in [-0.2, 0) is 4.79 Å². The van der Waals surface area contributed by atoms with E-state index in [-0.39, 0.29) is 5.91 Å². The molecule has 1 aliphatic heterocycles. The lowest BCUT2D eigenvalue weighted by atomic mass is 10.2. The van der Waals surface area contributed by atoms with E-state index in [9.17, 15) is 4.79 Å². The summed E-state index contributed by atoms with van der Waals surface area (Å²) in [5.74, 6) is 2.09. The van der Waals surface area contributed by atoms with Crippen molar-refractivity contribution in [2.24, 2.45) is 0 Å². The summed E-state index contributed by atoms with van der Waals surface area (Å²) in [6.07, 6.45) is 1.02. The van der Waals surface area contributed by atoms with Crippen molar-refractivity contribution in [2.75, 3.05) is 25.1 Å². The molecule has 0 spiro atoms. The maximum atomic E-state index is 12.1. The molecule has 0 unspecified atom stereocenters. The fourth-order valence-electron chi connectivity index (χ4n) is 2.50. The van der Waals surface area contributed by atoms with Crippen LogP contribution in [0, 0.1) is 6.92 Å². The number of carbonyl (C=O) groups excluding carboxylic acids is 1. The van der Waals surface area contributed by atoms with Crippen LogP contribution in [0.15, 0.2) is 40.9 Å². The van der Waals surface area contributed by atoms with E-state index in [1.165, 1.54) is 0 Å². The Kier molecular flexibility index (Phi) is 5.81. The Morgan fingerprint density at radius 3 is 2.72 bits per heavy atom. The lowest BCUT2D eigenvalue weighted by Gasteiger charge is -2.20. The number of aryl methyl sites for hydroxylation is 1. The van der Waals surface area contributed by atoms with Gasteiger partial charge in [-0.3, -0.25) is 4.79 Å². The van der Waals surface area contributed by atoms with Crippen LogP contribution in [0.4, 0.5) is 5.69 Å². The zero-order chi connectivity index (χ0) is 17.6. The zero-order valence-electron chi connectivity index (χ0n) is 14.0. The van der Waals surface area contributed by atoms with Gasteiger partial charge in [-0.15, -0.1) is 0 Å². The summed E-state index contributed by atoms with van der Waals surface area (Å²) in [4.78, 5) is 12.1. The van der Waals surface area contributed by atoms with Crippen molar-refractivity contribution in [2.45, 2.75) is 19.8 Å². The van der Waals surface area contributed by atoms with E-state index in [1.54, 1.807) is 6.07 Å². The number of carbonyl (C=O) groups is 1. The molecule has 5 nitrogen and oxygen atoms in total. The van der Waals surface area contributed by atoms with Crippen LogP contribution in [0.1, 0.15) is 18.4 Å². The molecule has 2 aromatic rings. The SMILES string of the molecule is Cc1cccc(OCCCC(=O)Nc2cc3c(cc2Br)OCCO3)c1. The van der Waals surface area contributed by atoms with Crippen molar-refractivity contribution >= 4 is 27.5 Å². The number of nitrogens with one attached hydrogen (secondary N) is 1. The third-order valence-corrected chi connectivity index (χ3v) is 4.37. The topological polar surface area (TPSA) is 56.8 Å². The van der Waals surface area contributed by atoms with Gasteiger partial charge in [0, 0.05) is 23.0 Å². The first-order valence-corrected chi connectivity index (χ1v) is 8.99. The van der Waals surface area contributed by atoms with E-state index in [2.05, 4.69) is 21.2 Å². The normalized spacial score (nSPS) is 12.6. The standard InChI is InChI=1S/C19H20BrNO4/c1-13-4-2-5-14(10-13)23-7-3-6-19(22)21-16-12-18-17(11-15(16)20)24-8-9-25-18/h2,4-5,10-12H,3,6-9H2,1H3,(H,21,22). The molecule has 25 heavy (non-hydrogen) atoms. The predicted molar refractivity (Wildman–Crippen MR) is 99.7 cm³/mol. The molecule has 1 aliphatic rings. The van der Waals surface area contributed by atoms with E-state index >= 15 is 0 Å². The number of halogens is 1. The molecule has 6 heteroatoms. The van der Waals surface area contributed by atoms with Crippen LogP contribution >= 0.6 is 15.9 Å². The lowest BCUT2D eigenvalue weighted by Crippen LogP contribution is -2.17. The van der Waals surface area contributed by atoms with Crippen LogP contribution in [0.5, 0.6) is 17.2 Å². The van der Waals surface area contributed by atoms with Gasteiger partial charge in [-0.25, -0.2) is 0 Å². The minimum atomic E-state index is -0.0646. The number of ether oxygens (including phenoxy) is 3. The summed E-state index contributed by atoms with van der Waals surface area (Å²) >= 11 is 3.45. The number of anilines is 1. The van der Waals surface area contributed by atoms with Gasteiger partial charge in [0.2, 0.25) is 5.91 Å². The number of benzene rings is 2. The highest BCUT2D eigenvalue weighted by Gasteiger charge is 2.16. The summed E-state index contributed by atoms with van der Waals surface area (Å²) < 4.78 is 17.5. The van der Waals surface area contributed by atoms with Gasteiger partial charge in [-0.1, -0.05) is 12.1 Å². The quantitative estimate of drug-likeness (QED) is 0.726.